The van der Waals surface area contributed by atoms with Gasteiger partial charge in [-0.05, 0) is 31.0 Å². The molecule has 0 aliphatic rings. The number of rotatable bonds is 6. The Morgan fingerprint density at radius 1 is 1.25 bits per heavy atom. The van der Waals surface area contributed by atoms with E-state index in [1.165, 1.54) is 0 Å². The van der Waals surface area contributed by atoms with Crippen LogP contribution in [0.1, 0.15) is 31.9 Å². The number of urea groups is 1. The average molecular weight is 280 g/mol. The number of hydrogen-bond acceptors (Lipinski definition) is 3. The van der Waals surface area contributed by atoms with Crippen LogP contribution in [0.25, 0.3) is 0 Å². The van der Waals surface area contributed by atoms with E-state index in [9.17, 15) is 9.59 Å². The molecule has 2 amide bonds. The van der Waals surface area contributed by atoms with Gasteiger partial charge < -0.3 is 20.5 Å². The Morgan fingerprint density at radius 3 is 2.30 bits per heavy atom. The summed E-state index contributed by atoms with van der Waals surface area (Å²) in [6.07, 6.45) is 0.333. The fourth-order valence-corrected chi connectivity index (χ4v) is 1.71. The number of benzene rings is 1. The predicted octanol–water partition coefficient (Wildman–Crippen LogP) is 1.92. The van der Waals surface area contributed by atoms with Crippen molar-refractivity contribution in [1.82, 2.24) is 10.6 Å². The van der Waals surface area contributed by atoms with Gasteiger partial charge in [-0.15, -0.1) is 0 Å². The lowest BCUT2D eigenvalue weighted by molar-refractivity contribution is -0.139. The van der Waals surface area contributed by atoms with Gasteiger partial charge in [0.25, 0.3) is 0 Å². The monoisotopic (exact) mass is 280 g/mol. The van der Waals surface area contributed by atoms with Crippen molar-refractivity contribution < 1.29 is 19.4 Å². The van der Waals surface area contributed by atoms with Crippen LogP contribution in [0, 0.1) is 0 Å². The molecule has 1 unspecified atom stereocenters. The first-order valence-corrected chi connectivity index (χ1v) is 6.41. The van der Waals surface area contributed by atoms with E-state index >= 15 is 0 Å². The number of nitrogens with one attached hydrogen (secondary N) is 2. The van der Waals surface area contributed by atoms with Crippen molar-refractivity contribution in [2.24, 2.45) is 0 Å². The molecule has 1 rings (SSSR count). The first-order chi connectivity index (χ1) is 9.47. The van der Waals surface area contributed by atoms with Crippen molar-refractivity contribution in [3.8, 4) is 5.75 Å². The van der Waals surface area contributed by atoms with Crippen LogP contribution in [0.4, 0.5) is 4.79 Å². The van der Waals surface area contributed by atoms with Crippen molar-refractivity contribution >= 4 is 12.0 Å². The number of hydrogen-bond donors (Lipinski definition) is 3. The lowest BCUT2D eigenvalue weighted by Crippen LogP contribution is -2.46. The maximum atomic E-state index is 11.7. The lowest BCUT2D eigenvalue weighted by atomic mass is 10.1. The maximum Gasteiger partial charge on any atom is 0.326 e. The summed E-state index contributed by atoms with van der Waals surface area (Å²) in [6.45, 7) is 3.52. The topological polar surface area (TPSA) is 87.7 Å². The second-order valence-electron chi connectivity index (χ2n) is 4.41. The third kappa shape index (κ3) is 4.46. The Morgan fingerprint density at radius 2 is 1.85 bits per heavy atom. The molecular formula is C14H20N2O4. The molecule has 0 heterocycles. The van der Waals surface area contributed by atoms with Crippen LogP contribution >= 0.6 is 0 Å². The van der Waals surface area contributed by atoms with Crippen LogP contribution in [0.15, 0.2) is 24.3 Å². The minimum absolute atomic E-state index is 0.229. The molecule has 3 N–H and O–H groups in total. The molecular weight excluding hydrogens is 260 g/mol. The van der Waals surface area contributed by atoms with Crippen LogP contribution < -0.4 is 15.4 Å². The van der Waals surface area contributed by atoms with Gasteiger partial charge in [0.05, 0.1) is 13.2 Å². The van der Waals surface area contributed by atoms with Crippen LogP contribution in [0.3, 0.4) is 0 Å². The Labute approximate surface area is 118 Å². The summed E-state index contributed by atoms with van der Waals surface area (Å²) < 4.78 is 5.06. The second-order valence-corrected chi connectivity index (χ2v) is 4.41. The van der Waals surface area contributed by atoms with Gasteiger partial charge in [0.1, 0.15) is 11.8 Å². The maximum absolute atomic E-state index is 11.7. The first kappa shape index (κ1) is 15.8. The third-order valence-corrected chi connectivity index (χ3v) is 2.98. The summed E-state index contributed by atoms with van der Waals surface area (Å²) in [7, 11) is 1.58. The molecule has 0 bridgehead atoms. The molecule has 0 aliphatic heterocycles. The quantitative estimate of drug-likeness (QED) is 0.743. The molecule has 0 spiro atoms. The number of carbonyl (C=O) groups excluding carboxylic acids is 1. The number of ether oxygens (including phenoxy) is 1. The van der Waals surface area contributed by atoms with Gasteiger partial charge in [-0.25, -0.2) is 9.59 Å². The zero-order valence-corrected chi connectivity index (χ0v) is 11.8. The molecule has 6 heteroatoms. The molecule has 6 nitrogen and oxygen atoms in total. The Bertz CT molecular complexity index is 459. The van der Waals surface area contributed by atoms with Crippen LogP contribution in [-0.4, -0.2) is 30.3 Å². The van der Waals surface area contributed by atoms with Crippen LogP contribution in [-0.2, 0) is 4.79 Å². The van der Waals surface area contributed by atoms with Crippen molar-refractivity contribution in [2.45, 2.75) is 32.4 Å². The molecule has 0 aromatic heterocycles. The van der Waals surface area contributed by atoms with Crippen LogP contribution in [0.5, 0.6) is 5.75 Å². The van der Waals surface area contributed by atoms with Crippen molar-refractivity contribution in [1.29, 1.82) is 0 Å². The van der Waals surface area contributed by atoms with E-state index in [0.717, 1.165) is 11.3 Å². The largest absolute Gasteiger partial charge is 0.497 e. The summed E-state index contributed by atoms with van der Waals surface area (Å²) in [5, 5.41) is 14.0. The highest BCUT2D eigenvalue weighted by Gasteiger charge is 2.18. The molecule has 0 aliphatic carbocycles. The predicted molar refractivity (Wildman–Crippen MR) is 74.8 cm³/mol. The highest BCUT2D eigenvalue weighted by molar-refractivity contribution is 5.82. The molecule has 20 heavy (non-hydrogen) atoms. The zero-order chi connectivity index (χ0) is 15.1. The molecule has 2 atom stereocenters. The normalized spacial score (nSPS) is 13.2. The van der Waals surface area contributed by atoms with Gasteiger partial charge in [0.15, 0.2) is 0 Å². The van der Waals surface area contributed by atoms with Crippen molar-refractivity contribution in [3.63, 3.8) is 0 Å². The Balaban J connectivity index is 2.58. The summed E-state index contributed by atoms with van der Waals surface area (Å²) >= 11 is 0. The number of carboxylic acid groups (broad SMARTS) is 1. The van der Waals surface area contributed by atoms with Crippen molar-refractivity contribution in [3.05, 3.63) is 29.8 Å². The summed E-state index contributed by atoms with van der Waals surface area (Å²) in [6, 6.07) is 5.69. The number of carbonyl (C=O) groups is 2. The summed E-state index contributed by atoms with van der Waals surface area (Å²) in [5.41, 5.74) is 0.907. The van der Waals surface area contributed by atoms with E-state index in [4.69, 9.17) is 9.84 Å². The Kier molecular flexibility index (Phi) is 5.83. The second kappa shape index (κ2) is 7.37. The smallest absolute Gasteiger partial charge is 0.326 e. The van der Waals surface area contributed by atoms with Gasteiger partial charge in [0.2, 0.25) is 0 Å². The number of methoxy groups -OCH3 is 1. The molecule has 1 aromatic carbocycles. The van der Waals surface area contributed by atoms with Crippen LogP contribution in [0.2, 0.25) is 0 Å². The van der Waals surface area contributed by atoms with E-state index in [-0.39, 0.29) is 6.04 Å². The van der Waals surface area contributed by atoms with E-state index in [1.54, 1.807) is 26.2 Å². The van der Waals surface area contributed by atoms with E-state index < -0.39 is 18.0 Å². The Hall–Kier alpha value is -2.24. The lowest BCUT2D eigenvalue weighted by Gasteiger charge is -2.18. The molecule has 0 fully saturated rings. The highest BCUT2D eigenvalue weighted by Crippen LogP contribution is 2.17. The van der Waals surface area contributed by atoms with Gasteiger partial charge in [-0.1, -0.05) is 19.1 Å². The fourth-order valence-electron chi connectivity index (χ4n) is 1.71. The number of carboxylic acids is 1. The van der Waals surface area contributed by atoms with E-state index in [1.807, 2.05) is 19.1 Å². The van der Waals surface area contributed by atoms with Gasteiger partial charge in [-0.3, -0.25) is 0 Å². The average Bonchev–Trinajstić information content (AvgIpc) is 2.44. The molecule has 0 radical (unpaired) electrons. The van der Waals surface area contributed by atoms with Gasteiger partial charge in [0, 0.05) is 0 Å². The first-order valence-electron chi connectivity index (χ1n) is 6.41. The number of amides is 2. The molecule has 1 aromatic rings. The third-order valence-electron chi connectivity index (χ3n) is 2.98. The minimum Gasteiger partial charge on any atom is -0.497 e. The molecule has 0 saturated heterocycles. The highest BCUT2D eigenvalue weighted by atomic mass is 16.5. The zero-order valence-electron chi connectivity index (χ0n) is 11.8. The summed E-state index contributed by atoms with van der Waals surface area (Å²) in [4.78, 5) is 22.5. The van der Waals surface area contributed by atoms with Gasteiger partial charge in [-0.2, -0.15) is 0 Å². The molecule has 0 saturated carbocycles. The SMILES string of the molecule is CC[C@H](NC(=O)NC(C)c1ccc(OC)cc1)C(=O)O. The summed E-state index contributed by atoms with van der Waals surface area (Å²) in [5.74, 6) is -0.304. The van der Waals surface area contributed by atoms with Crippen molar-refractivity contribution in [2.75, 3.05) is 7.11 Å². The van der Waals surface area contributed by atoms with Gasteiger partial charge >= 0.3 is 12.0 Å². The van der Waals surface area contributed by atoms with E-state index in [0.29, 0.717) is 6.42 Å². The standard InChI is InChI=1S/C14H20N2O4/c1-4-12(13(17)18)16-14(19)15-9(2)10-5-7-11(20-3)8-6-10/h5-9,12H,4H2,1-3H3,(H,17,18)(H2,15,16,19)/t9?,12-/m0/s1. The fraction of sp³-hybridized carbons (Fsp3) is 0.429. The number of aliphatic carboxylic acids is 1. The molecule has 110 valence electrons. The minimum atomic E-state index is -1.04. The van der Waals surface area contributed by atoms with E-state index in [2.05, 4.69) is 10.6 Å².